The molecule has 0 aliphatic rings. The van der Waals surface area contributed by atoms with Gasteiger partial charge in [-0.1, -0.05) is 11.1 Å². The number of aliphatic hydroxyl groups is 1. The fraction of sp³-hybridized carbons (Fsp3) is 0.500. The van der Waals surface area contributed by atoms with E-state index in [1.807, 2.05) is 12.1 Å². The summed E-state index contributed by atoms with van der Waals surface area (Å²) < 4.78 is 0. The third kappa shape index (κ3) is 5.04. The second kappa shape index (κ2) is 7.11. The molecule has 1 aromatic carbocycles. The molecule has 1 radical (unpaired) electrons. The molecule has 95 valence electrons. The van der Waals surface area contributed by atoms with Crippen LogP contribution in [-0.4, -0.2) is 42.1 Å². The number of nitrogens with zero attached hydrogens (tertiary/aromatic N) is 1. The van der Waals surface area contributed by atoms with Gasteiger partial charge in [-0.25, -0.2) is 0 Å². The number of phenolic OH excluding ortho intramolecular Hbond substituents is 2. The van der Waals surface area contributed by atoms with Gasteiger partial charge in [0.2, 0.25) is 0 Å². The number of aliphatic hydroxyl groups excluding tert-OH is 1. The van der Waals surface area contributed by atoms with E-state index in [9.17, 15) is 5.11 Å². The molecule has 5 nitrogen and oxygen atoms in total. The highest BCUT2D eigenvalue weighted by Gasteiger charge is 2.08. The van der Waals surface area contributed by atoms with Crippen molar-refractivity contribution in [2.75, 3.05) is 26.7 Å². The normalized spacial score (nSPS) is 11.0. The first-order valence-corrected chi connectivity index (χ1v) is 5.70. The molecule has 0 atom stereocenters. The van der Waals surface area contributed by atoms with Crippen LogP contribution in [0.4, 0.5) is 0 Å². The first-order valence-electron chi connectivity index (χ1n) is 5.70. The molecule has 0 aliphatic carbocycles. The van der Waals surface area contributed by atoms with E-state index in [4.69, 9.17) is 10.2 Å². The van der Waals surface area contributed by atoms with Gasteiger partial charge in [-0.3, -0.25) is 0 Å². The topological polar surface area (TPSA) is 78.6 Å². The summed E-state index contributed by atoms with van der Waals surface area (Å²) in [5.74, 6) is -0.179. The zero-order valence-electron chi connectivity index (χ0n) is 10.1. The van der Waals surface area contributed by atoms with E-state index < -0.39 is 0 Å². The molecule has 0 saturated carbocycles. The van der Waals surface area contributed by atoms with Gasteiger partial charge in [0.25, 0.3) is 0 Å². The van der Waals surface area contributed by atoms with Crippen LogP contribution >= 0.6 is 0 Å². The van der Waals surface area contributed by atoms with E-state index in [0.717, 1.165) is 31.5 Å². The van der Waals surface area contributed by atoms with Gasteiger partial charge in [-0.05, 0) is 24.1 Å². The molecule has 0 aliphatic heterocycles. The molecular weight excluding hydrogens is 220 g/mol. The van der Waals surface area contributed by atoms with Crippen molar-refractivity contribution in [2.45, 2.75) is 12.8 Å². The van der Waals surface area contributed by atoms with E-state index in [1.54, 1.807) is 12.1 Å². The van der Waals surface area contributed by atoms with E-state index in [-0.39, 0.29) is 18.1 Å². The maximum absolute atomic E-state index is 9.33. The quantitative estimate of drug-likeness (QED) is 0.239. The monoisotopic (exact) mass is 240 g/mol. The summed E-state index contributed by atoms with van der Waals surface area (Å²) in [7, 11) is 1.93. The number of benzene rings is 1. The number of likely N-dealkylation sites (N-methyl/N-ethyl adjacent to an activating group) is 1. The molecular formula is C12H20N2O3+. The lowest BCUT2D eigenvalue weighted by Crippen LogP contribution is -2.42. The van der Waals surface area contributed by atoms with Gasteiger partial charge in [0, 0.05) is 13.0 Å². The maximum Gasteiger partial charge on any atom is 0.157 e. The smallest absolute Gasteiger partial charge is 0.157 e. The second-order valence-electron chi connectivity index (χ2n) is 3.98. The summed E-state index contributed by atoms with van der Waals surface area (Å²) in [4.78, 5) is 0. The zero-order chi connectivity index (χ0) is 12.7. The lowest BCUT2D eigenvalue weighted by atomic mass is 10.1. The van der Waals surface area contributed by atoms with Gasteiger partial charge in [0.05, 0.1) is 6.54 Å². The minimum absolute atomic E-state index is 0.0848. The van der Waals surface area contributed by atoms with Crippen LogP contribution in [0.15, 0.2) is 18.2 Å². The molecule has 17 heavy (non-hydrogen) atoms. The van der Waals surface area contributed by atoms with E-state index in [2.05, 4.69) is 5.43 Å². The SMILES string of the molecule is C[N+](CCc1ccc(O)c(O)c1)NCCCO. The Kier molecular flexibility index (Phi) is 5.76. The van der Waals surface area contributed by atoms with Crippen molar-refractivity contribution in [3.05, 3.63) is 23.8 Å². The lowest BCUT2D eigenvalue weighted by molar-refractivity contribution is 0.270. The Balaban J connectivity index is 2.31. The third-order valence-corrected chi connectivity index (χ3v) is 2.49. The van der Waals surface area contributed by atoms with Crippen molar-refractivity contribution in [1.82, 2.24) is 10.4 Å². The summed E-state index contributed by atoms with van der Waals surface area (Å²) in [5.41, 5.74) is 4.11. The number of rotatable bonds is 7. The summed E-state index contributed by atoms with van der Waals surface area (Å²) in [5, 5.41) is 29.1. The Morgan fingerprint density at radius 1 is 1.24 bits per heavy atom. The molecule has 0 saturated heterocycles. The molecule has 0 spiro atoms. The van der Waals surface area contributed by atoms with Crippen molar-refractivity contribution in [2.24, 2.45) is 0 Å². The standard InChI is InChI=1S/C12H20N2O3/c1-14(13-6-2-8-15)7-5-10-3-4-11(16)12(17)9-10/h3-4,9,13,15-17H,2,5-8H2,1H3/q+1. The number of hydrogen-bond acceptors (Lipinski definition) is 5. The Morgan fingerprint density at radius 3 is 2.65 bits per heavy atom. The molecule has 0 fully saturated rings. The average Bonchev–Trinajstić information content (AvgIpc) is 2.31. The first kappa shape index (κ1) is 13.8. The van der Waals surface area contributed by atoms with Crippen LogP contribution in [0.3, 0.4) is 0 Å². The van der Waals surface area contributed by atoms with Gasteiger partial charge in [-0.15, -0.1) is 5.43 Å². The van der Waals surface area contributed by atoms with Crippen molar-refractivity contribution in [3.8, 4) is 11.5 Å². The largest absolute Gasteiger partial charge is 0.504 e. The van der Waals surface area contributed by atoms with Gasteiger partial charge in [-0.2, -0.15) is 0 Å². The molecule has 0 aromatic heterocycles. The van der Waals surface area contributed by atoms with E-state index in [0.29, 0.717) is 0 Å². The number of hydrogen-bond donors (Lipinski definition) is 4. The molecule has 4 N–H and O–H groups in total. The summed E-state index contributed by atoms with van der Waals surface area (Å²) >= 11 is 0. The van der Waals surface area contributed by atoms with E-state index >= 15 is 0 Å². The van der Waals surface area contributed by atoms with Crippen LogP contribution < -0.4 is 10.4 Å². The Hall–Kier alpha value is -1.30. The highest BCUT2D eigenvalue weighted by Crippen LogP contribution is 2.24. The summed E-state index contributed by atoms with van der Waals surface area (Å²) in [6.07, 6.45) is 1.50. The fourth-order valence-corrected chi connectivity index (χ4v) is 1.45. The van der Waals surface area contributed by atoms with Gasteiger partial charge < -0.3 is 15.3 Å². The molecule has 1 aromatic rings. The first-order chi connectivity index (χ1) is 8.13. The highest BCUT2D eigenvalue weighted by molar-refractivity contribution is 5.40. The number of hydrazine groups is 1. The minimum Gasteiger partial charge on any atom is -0.504 e. The second-order valence-corrected chi connectivity index (χ2v) is 3.98. The molecule has 5 heteroatoms. The van der Waals surface area contributed by atoms with Crippen LogP contribution in [0.25, 0.3) is 0 Å². The Bertz CT molecular complexity index is 345. The van der Waals surface area contributed by atoms with Crippen molar-refractivity contribution in [3.63, 3.8) is 0 Å². The predicted molar refractivity (Wildman–Crippen MR) is 66.1 cm³/mol. The molecule has 0 bridgehead atoms. The third-order valence-electron chi connectivity index (χ3n) is 2.49. The van der Waals surface area contributed by atoms with Crippen molar-refractivity contribution < 1.29 is 15.3 Å². The van der Waals surface area contributed by atoms with Crippen molar-refractivity contribution in [1.29, 1.82) is 0 Å². The van der Waals surface area contributed by atoms with Crippen LogP contribution in [0.2, 0.25) is 0 Å². The highest BCUT2D eigenvalue weighted by atomic mass is 16.3. The fourth-order valence-electron chi connectivity index (χ4n) is 1.45. The van der Waals surface area contributed by atoms with Gasteiger partial charge in [0.1, 0.15) is 13.6 Å². The lowest BCUT2D eigenvalue weighted by Gasteiger charge is -2.07. The van der Waals surface area contributed by atoms with E-state index in [1.165, 1.54) is 6.07 Å². The average molecular weight is 240 g/mol. The molecule has 0 heterocycles. The van der Waals surface area contributed by atoms with Crippen LogP contribution in [0, 0.1) is 0 Å². The maximum atomic E-state index is 9.33. The van der Waals surface area contributed by atoms with Crippen molar-refractivity contribution >= 4 is 0 Å². The number of phenols is 2. The van der Waals surface area contributed by atoms with Gasteiger partial charge in [0.15, 0.2) is 11.5 Å². The Labute approximate surface area is 101 Å². The van der Waals surface area contributed by atoms with Gasteiger partial charge >= 0.3 is 0 Å². The summed E-state index contributed by atoms with van der Waals surface area (Å²) in [6.45, 7) is 1.72. The zero-order valence-corrected chi connectivity index (χ0v) is 10.1. The van der Waals surface area contributed by atoms with Crippen LogP contribution in [0.1, 0.15) is 12.0 Å². The number of aromatic hydroxyl groups is 2. The van der Waals surface area contributed by atoms with Crippen LogP contribution in [-0.2, 0) is 6.42 Å². The van der Waals surface area contributed by atoms with Crippen LogP contribution in [0.5, 0.6) is 11.5 Å². The minimum atomic E-state index is -0.0943. The predicted octanol–water partition coefficient (Wildman–Crippen LogP) is 0.297. The summed E-state index contributed by atoms with van der Waals surface area (Å²) in [6, 6.07) is 4.84. The molecule has 0 unspecified atom stereocenters. The number of nitrogens with one attached hydrogen (secondary N) is 1. The Morgan fingerprint density at radius 2 is 2.00 bits per heavy atom. The molecule has 0 amide bonds. The molecule has 1 rings (SSSR count).